The van der Waals surface area contributed by atoms with E-state index >= 15 is 0 Å². The van der Waals surface area contributed by atoms with Crippen molar-refractivity contribution < 1.29 is 9.90 Å². The third kappa shape index (κ3) is 3.34. The monoisotopic (exact) mass is 378 g/mol. The molecule has 1 N–H and O–H groups in total. The van der Waals surface area contributed by atoms with Crippen molar-refractivity contribution in [3.63, 3.8) is 0 Å². The second-order valence-corrected chi connectivity index (χ2v) is 7.10. The molecule has 1 aliphatic heterocycles. The van der Waals surface area contributed by atoms with Crippen molar-refractivity contribution >= 4 is 40.1 Å². The summed E-state index contributed by atoms with van der Waals surface area (Å²) in [5, 5.41) is 11.3. The van der Waals surface area contributed by atoms with Gasteiger partial charge < -0.3 is 5.11 Å². The Morgan fingerprint density at radius 2 is 2.04 bits per heavy atom. The number of para-hydroxylation sites is 1. The lowest BCUT2D eigenvalue weighted by Gasteiger charge is -2.30. The Labute approximate surface area is 162 Å². The average molecular weight is 379 g/mol. The molecule has 0 saturated carbocycles. The van der Waals surface area contributed by atoms with E-state index < -0.39 is 5.97 Å². The summed E-state index contributed by atoms with van der Waals surface area (Å²) in [6.45, 7) is 4.22. The maximum absolute atomic E-state index is 12.1. The summed E-state index contributed by atoms with van der Waals surface area (Å²) in [5.41, 5.74) is 4.60. The van der Waals surface area contributed by atoms with E-state index in [4.69, 9.17) is 16.6 Å². The summed E-state index contributed by atoms with van der Waals surface area (Å²) in [6.07, 6.45) is 2.06. The zero-order chi connectivity index (χ0) is 19.0. The van der Waals surface area contributed by atoms with Crippen LogP contribution in [-0.2, 0) is 6.54 Å². The minimum Gasteiger partial charge on any atom is -0.478 e. The number of carboxylic acids is 1. The van der Waals surface area contributed by atoms with Crippen molar-refractivity contribution in [3.8, 4) is 0 Å². The standard InChI is InChI=1S/C22H19ClN2O2/c1-2-25-12-15(10-14-6-5-7-16(23)11-14)21-18(13-25)20(22(26)27)17-8-3-4-9-19(17)24-21/h3-11H,2,12-13H2,1H3,(H,26,27)/b15-10-. The topological polar surface area (TPSA) is 53.4 Å². The molecule has 136 valence electrons. The molecule has 1 aromatic heterocycles. The molecule has 0 unspecified atom stereocenters. The van der Waals surface area contributed by atoms with E-state index in [1.54, 1.807) is 0 Å². The van der Waals surface area contributed by atoms with Crippen molar-refractivity contribution in [2.75, 3.05) is 13.1 Å². The van der Waals surface area contributed by atoms with Gasteiger partial charge in [0.1, 0.15) is 0 Å². The van der Waals surface area contributed by atoms with E-state index in [9.17, 15) is 9.90 Å². The van der Waals surface area contributed by atoms with Gasteiger partial charge in [-0.25, -0.2) is 9.78 Å². The van der Waals surface area contributed by atoms with Crippen LogP contribution < -0.4 is 0 Å². The fraction of sp³-hybridized carbons (Fsp3) is 0.182. The molecule has 0 aliphatic carbocycles. The molecular formula is C22H19ClN2O2. The molecule has 0 fully saturated rings. The number of carbonyl (C=O) groups is 1. The molecule has 0 atom stereocenters. The minimum absolute atomic E-state index is 0.353. The molecule has 0 radical (unpaired) electrons. The highest BCUT2D eigenvalue weighted by Gasteiger charge is 2.27. The van der Waals surface area contributed by atoms with Crippen molar-refractivity contribution in [1.29, 1.82) is 0 Å². The average Bonchev–Trinajstić information content (AvgIpc) is 2.66. The highest BCUT2D eigenvalue weighted by molar-refractivity contribution is 6.30. The van der Waals surface area contributed by atoms with Gasteiger partial charge in [-0.2, -0.15) is 0 Å². The SMILES string of the molecule is CCN1C/C(=C/c2cccc(Cl)c2)c2nc3ccccc3c(C(=O)O)c2C1. The van der Waals surface area contributed by atoms with E-state index in [0.29, 0.717) is 28.0 Å². The lowest BCUT2D eigenvalue weighted by molar-refractivity contribution is 0.0696. The Balaban J connectivity index is 1.99. The predicted molar refractivity (Wildman–Crippen MR) is 109 cm³/mol. The van der Waals surface area contributed by atoms with Gasteiger partial charge in [0.05, 0.1) is 16.8 Å². The molecule has 1 aliphatic rings. The molecule has 5 heteroatoms. The number of rotatable bonds is 3. The van der Waals surface area contributed by atoms with Crippen LogP contribution in [-0.4, -0.2) is 34.0 Å². The predicted octanol–water partition coefficient (Wildman–Crippen LogP) is 4.96. The zero-order valence-electron chi connectivity index (χ0n) is 14.9. The molecule has 3 aromatic rings. The van der Waals surface area contributed by atoms with Crippen molar-refractivity contribution in [2.24, 2.45) is 0 Å². The first-order valence-corrected chi connectivity index (χ1v) is 9.28. The van der Waals surface area contributed by atoms with Crippen LogP contribution >= 0.6 is 11.6 Å². The molecule has 4 nitrogen and oxygen atoms in total. The Hall–Kier alpha value is -2.69. The maximum atomic E-state index is 12.1. The Kier molecular flexibility index (Phi) is 4.68. The van der Waals surface area contributed by atoms with Crippen LogP contribution in [0.25, 0.3) is 22.6 Å². The Bertz CT molecular complexity index is 1080. The Morgan fingerprint density at radius 1 is 1.22 bits per heavy atom. The van der Waals surface area contributed by atoms with Gasteiger partial charge in [-0.3, -0.25) is 4.90 Å². The number of benzene rings is 2. The van der Waals surface area contributed by atoms with Gasteiger partial charge in [0, 0.05) is 29.1 Å². The molecule has 0 amide bonds. The summed E-state index contributed by atoms with van der Waals surface area (Å²) in [5.74, 6) is -0.912. The van der Waals surface area contributed by atoms with E-state index in [2.05, 4.69) is 17.9 Å². The second-order valence-electron chi connectivity index (χ2n) is 6.66. The van der Waals surface area contributed by atoms with Crippen LogP contribution in [0.4, 0.5) is 0 Å². The normalized spacial score (nSPS) is 15.9. The van der Waals surface area contributed by atoms with E-state index in [1.165, 1.54) is 0 Å². The first-order valence-electron chi connectivity index (χ1n) is 8.90. The Morgan fingerprint density at radius 3 is 2.78 bits per heavy atom. The van der Waals surface area contributed by atoms with Crippen molar-refractivity contribution in [1.82, 2.24) is 9.88 Å². The summed E-state index contributed by atoms with van der Waals surface area (Å²) in [7, 11) is 0. The maximum Gasteiger partial charge on any atom is 0.336 e. The molecule has 2 heterocycles. The highest BCUT2D eigenvalue weighted by Crippen LogP contribution is 2.34. The fourth-order valence-electron chi connectivity index (χ4n) is 3.65. The summed E-state index contributed by atoms with van der Waals surface area (Å²) in [4.78, 5) is 19.2. The number of aromatic carboxylic acids is 1. The van der Waals surface area contributed by atoms with Crippen LogP contribution in [0.5, 0.6) is 0 Å². The van der Waals surface area contributed by atoms with Crippen molar-refractivity contribution in [3.05, 3.63) is 75.9 Å². The van der Waals surface area contributed by atoms with Gasteiger partial charge in [0.15, 0.2) is 0 Å². The van der Waals surface area contributed by atoms with Crippen LogP contribution in [0.2, 0.25) is 5.02 Å². The molecule has 27 heavy (non-hydrogen) atoms. The summed E-state index contributed by atoms with van der Waals surface area (Å²) in [6, 6.07) is 15.1. The van der Waals surface area contributed by atoms with Gasteiger partial charge >= 0.3 is 5.97 Å². The summed E-state index contributed by atoms with van der Waals surface area (Å²) < 4.78 is 0. The highest BCUT2D eigenvalue weighted by atomic mass is 35.5. The quantitative estimate of drug-likeness (QED) is 0.699. The number of carboxylic acid groups (broad SMARTS) is 1. The molecule has 0 saturated heterocycles. The molecule has 2 aromatic carbocycles. The third-order valence-electron chi connectivity index (χ3n) is 4.92. The fourth-order valence-corrected chi connectivity index (χ4v) is 3.84. The third-order valence-corrected chi connectivity index (χ3v) is 5.16. The first-order chi connectivity index (χ1) is 13.1. The number of aromatic nitrogens is 1. The number of hydrogen-bond acceptors (Lipinski definition) is 3. The van der Waals surface area contributed by atoms with Gasteiger partial charge in [-0.15, -0.1) is 0 Å². The van der Waals surface area contributed by atoms with Gasteiger partial charge in [-0.05, 0) is 42.0 Å². The minimum atomic E-state index is -0.912. The lowest BCUT2D eigenvalue weighted by Crippen LogP contribution is -2.31. The van der Waals surface area contributed by atoms with Crippen molar-refractivity contribution in [2.45, 2.75) is 13.5 Å². The molecule has 4 rings (SSSR count). The number of fused-ring (bicyclic) bond motifs is 2. The number of nitrogens with zero attached hydrogens (tertiary/aromatic N) is 2. The molecule has 0 bridgehead atoms. The van der Waals surface area contributed by atoms with E-state index in [1.807, 2.05) is 48.5 Å². The smallest absolute Gasteiger partial charge is 0.336 e. The van der Waals surface area contributed by atoms with Gasteiger partial charge in [0.25, 0.3) is 0 Å². The zero-order valence-corrected chi connectivity index (χ0v) is 15.7. The van der Waals surface area contributed by atoms with E-state index in [-0.39, 0.29) is 0 Å². The van der Waals surface area contributed by atoms with Crippen LogP contribution in [0.1, 0.15) is 34.1 Å². The van der Waals surface area contributed by atoms with E-state index in [0.717, 1.165) is 35.5 Å². The van der Waals surface area contributed by atoms with Crippen LogP contribution in [0.15, 0.2) is 48.5 Å². The summed E-state index contributed by atoms with van der Waals surface area (Å²) >= 11 is 6.13. The largest absolute Gasteiger partial charge is 0.478 e. The van der Waals surface area contributed by atoms with Gasteiger partial charge in [0.2, 0.25) is 0 Å². The number of halogens is 1. The first kappa shape index (κ1) is 17.7. The molecule has 0 spiro atoms. The number of likely N-dealkylation sites (N-methyl/N-ethyl adjacent to an activating group) is 1. The van der Waals surface area contributed by atoms with Gasteiger partial charge in [-0.1, -0.05) is 48.9 Å². The second kappa shape index (κ2) is 7.14. The number of hydrogen-bond donors (Lipinski definition) is 1. The van der Waals surface area contributed by atoms with Crippen LogP contribution in [0.3, 0.4) is 0 Å². The number of pyridine rings is 1. The lowest BCUT2D eigenvalue weighted by atomic mass is 9.92. The molecular weight excluding hydrogens is 360 g/mol. The van der Waals surface area contributed by atoms with Crippen LogP contribution in [0, 0.1) is 0 Å².